The Bertz CT molecular complexity index is 967. The number of rotatable bonds is 4. The van der Waals surface area contributed by atoms with Gasteiger partial charge >= 0.3 is 0 Å². The number of carbonyl (C=O) groups excluding carboxylic acids is 1. The van der Waals surface area contributed by atoms with E-state index in [0.29, 0.717) is 0 Å². The van der Waals surface area contributed by atoms with Crippen LogP contribution < -0.4 is 14.5 Å². The van der Waals surface area contributed by atoms with Crippen molar-refractivity contribution in [3.8, 4) is 0 Å². The minimum atomic E-state index is -3.48. The van der Waals surface area contributed by atoms with Crippen LogP contribution in [0.25, 0.3) is 0 Å². The van der Waals surface area contributed by atoms with Gasteiger partial charge in [-0.15, -0.1) is 0 Å². The summed E-state index contributed by atoms with van der Waals surface area (Å²) in [5.41, 5.74) is 2.30. The van der Waals surface area contributed by atoms with Crippen molar-refractivity contribution in [3.05, 3.63) is 48.2 Å². The van der Waals surface area contributed by atoms with E-state index in [2.05, 4.69) is 20.7 Å². The number of hydrogen-bond acceptors (Lipinski definition) is 5. The summed E-state index contributed by atoms with van der Waals surface area (Å²) in [5, 5.41) is 0. The summed E-state index contributed by atoms with van der Waals surface area (Å²) in [5.74, 6) is 0.979. The van der Waals surface area contributed by atoms with Crippen molar-refractivity contribution < 1.29 is 13.2 Å². The molecule has 4 rings (SSSR count). The first kappa shape index (κ1) is 18.9. The summed E-state index contributed by atoms with van der Waals surface area (Å²) in [7, 11) is -2.10. The van der Waals surface area contributed by atoms with Crippen LogP contribution in [0.2, 0.25) is 0 Å². The van der Waals surface area contributed by atoms with Gasteiger partial charge in [0.1, 0.15) is 10.7 Å². The Balaban J connectivity index is 1.39. The third kappa shape index (κ3) is 3.49. The van der Waals surface area contributed by atoms with Gasteiger partial charge in [-0.05, 0) is 50.1 Å². The minimum Gasteiger partial charge on any atom is -0.357 e. The number of amides is 1. The summed E-state index contributed by atoms with van der Waals surface area (Å²) < 4.78 is 25.9. The lowest BCUT2D eigenvalue weighted by molar-refractivity contribution is -0.122. The first-order chi connectivity index (χ1) is 13.5. The molecule has 0 radical (unpaired) electrons. The molecule has 28 heavy (non-hydrogen) atoms. The minimum absolute atomic E-state index is 0.0198. The van der Waals surface area contributed by atoms with E-state index in [1.807, 2.05) is 23.1 Å². The molecule has 0 unspecified atom stereocenters. The van der Waals surface area contributed by atoms with Gasteiger partial charge in [0, 0.05) is 37.4 Å². The molecule has 0 atom stereocenters. The highest BCUT2D eigenvalue weighted by Gasteiger charge is 2.32. The van der Waals surface area contributed by atoms with E-state index in [1.54, 1.807) is 12.1 Å². The zero-order valence-electron chi connectivity index (χ0n) is 15.8. The highest BCUT2D eigenvalue weighted by Crippen LogP contribution is 2.31. The molecular formula is C20H24N4O3S. The van der Waals surface area contributed by atoms with Gasteiger partial charge in [0.2, 0.25) is 15.9 Å². The maximum atomic E-state index is 13.0. The normalized spacial score (nSPS) is 17.6. The number of piperidine rings is 1. The molecule has 1 N–H and O–H groups in total. The first-order valence-electron chi connectivity index (χ1n) is 9.53. The third-order valence-corrected chi connectivity index (χ3v) is 7.02. The van der Waals surface area contributed by atoms with Gasteiger partial charge in [0.05, 0.1) is 0 Å². The second-order valence-corrected chi connectivity index (χ2v) is 9.08. The predicted octanol–water partition coefficient (Wildman–Crippen LogP) is 1.80. The van der Waals surface area contributed by atoms with E-state index >= 15 is 0 Å². The van der Waals surface area contributed by atoms with Gasteiger partial charge in [-0.3, -0.25) is 4.79 Å². The highest BCUT2D eigenvalue weighted by molar-refractivity contribution is 7.89. The van der Waals surface area contributed by atoms with Crippen LogP contribution in [-0.4, -0.2) is 46.0 Å². The van der Waals surface area contributed by atoms with Gasteiger partial charge in [-0.25, -0.2) is 18.1 Å². The SMILES string of the molecule is CNS(=O)(=O)c1ccc(N2CCC(C(=O)N3CCc4ccccc43)CC2)nc1. The highest BCUT2D eigenvalue weighted by atomic mass is 32.2. The van der Waals surface area contributed by atoms with E-state index in [4.69, 9.17) is 0 Å². The van der Waals surface area contributed by atoms with Crippen molar-refractivity contribution in [1.29, 1.82) is 0 Å². The van der Waals surface area contributed by atoms with Crippen molar-refractivity contribution in [2.75, 3.05) is 36.5 Å². The van der Waals surface area contributed by atoms with Crippen LogP contribution in [0.4, 0.5) is 11.5 Å². The number of hydrogen-bond donors (Lipinski definition) is 1. The molecule has 1 amide bonds. The molecule has 1 fully saturated rings. The van der Waals surface area contributed by atoms with Gasteiger partial charge in [-0.2, -0.15) is 0 Å². The number of sulfonamides is 1. The van der Waals surface area contributed by atoms with E-state index in [9.17, 15) is 13.2 Å². The molecule has 0 aliphatic carbocycles. The summed E-state index contributed by atoms with van der Waals surface area (Å²) in [4.78, 5) is 21.5. The Hall–Kier alpha value is -2.45. The first-order valence-corrected chi connectivity index (χ1v) is 11.0. The molecule has 1 aromatic heterocycles. The van der Waals surface area contributed by atoms with Crippen molar-refractivity contribution in [2.24, 2.45) is 5.92 Å². The van der Waals surface area contributed by atoms with E-state index in [1.165, 1.54) is 18.8 Å². The third-order valence-electron chi connectivity index (χ3n) is 5.62. The number of anilines is 2. The summed E-state index contributed by atoms with van der Waals surface area (Å²) in [6.45, 7) is 2.23. The van der Waals surface area contributed by atoms with Crippen LogP contribution in [0, 0.1) is 5.92 Å². The number of pyridine rings is 1. The Morgan fingerprint density at radius 2 is 1.86 bits per heavy atom. The van der Waals surface area contributed by atoms with Gasteiger partial charge in [0.15, 0.2) is 0 Å². The summed E-state index contributed by atoms with van der Waals surface area (Å²) in [6.07, 6.45) is 3.84. The standard InChI is InChI=1S/C20H24N4O3S/c1-21-28(26,27)17-6-7-19(22-14-17)23-11-8-16(9-12-23)20(25)24-13-10-15-4-2-3-5-18(15)24/h2-7,14,16,21H,8-13H2,1H3. The number of carbonyl (C=O) groups is 1. The average molecular weight is 401 g/mol. The zero-order chi connectivity index (χ0) is 19.7. The van der Waals surface area contributed by atoms with Crippen molar-refractivity contribution in [2.45, 2.75) is 24.2 Å². The van der Waals surface area contributed by atoms with Crippen LogP contribution in [0.1, 0.15) is 18.4 Å². The van der Waals surface area contributed by atoms with Crippen LogP contribution >= 0.6 is 0 Å². The second kappa shape index (κ2) is 7.52. The molecular weight excluding hydrogens is 376 g/mol. The molecule has 1 aromatic carbocycles. The maximum absolute atomic E-state index is 13.0. The second-order valence-electron chi connectivity index (χ2n) is 7.19. The van der Waals surface area contributed by atoms with Gasteiger partial charge in [-0.1, -0.05) is 18.2 Å². The fraction of sp³-hybridized carbons (Fsp3) is 0.400. The monoisotopic (exact) mass is 400 g/mol. The topological polar surface area (TPSA) is 82.6 Å². The largest absolute Gasteiger partial charge is 0.357 e. The molecule has 2 aliphatic heterocycles. The molecule has 2 aromatic rings. The number of nitrogens with zero attached hydrogens (tertiary/aromatic N) is 3. The van der Waals surface area contributed by atoms with E-state index < -0.39 is 10.0 Å². The molecule has 0 spiro atoms. The summed E-state index contributed by atoms with van der Waals surface area (Å²) in [6, 6.07) is 11.4. The van der Waals surface area contributed by atoms with Crippen LogP contribution in [0.3, 0.4) is 0 Å². The van der Waals surface area contributed by atoms with E-state index in [-0.39, 0.29) is 16.7 Å². The van der Waals surface area contributed by atoms with Gasteiger partial charge < -0.3 is 9.80 Å². The molecule has 1 saturated heterocycles. The maximum Gasteiger partial charge on any atom is 0.241 e. The van der Waals surface area contributed by atoms with Crippen LogP contribution in [-0.2, 0) is 21.2 Å². The fourth-order valence-corrected chi connectivity index (χ4v) is 4.65. The van der Waals surface area contributed by atoms with Crippen molar-refractivity contribution in [3.63, 3.8) is 0 Å². The molecule has 0 bridgehead atoms. The Morgan fingerprint density at radius 3 is 2.54 bits per heavy atom. The fourth-order valence-electron chi connectivity index (χ4n) is 3.98. The Morgan fingerprint density at radius 1 is 1.11 bits per heavy atom. The van der Waals surface area contributed by atoms with Crippen molar-refractivity contribution >= 4 is 27.4 Å². The lowest BCUT2D eigenvalue weighted by Gasteiger charge is -2.34. The lowest BCUT2D eigenvalue weighted by atomic mass is 9.95. The number of fused-ring (bicyclic) bond motifs is 1. The number of nitrogens with one attached hydrogen (secondary N) is 1. The Kier molecular flexibility index (Phi) is 5.07. The number of benzene rings is 1. The molecule has 0 saturated carbocycles. The number of para-hydroxylation sites is 1. The Labute approximate surface area is 165 Å². The lowest BCUT2D eigenvalue weighted by Crippen LogP contribution is -2.42. The smallest absolute Gasteiger partial charge is 0.241 e. The van der Waals surface area contributed by atoms with E-state index in [0.717, 1.165) is 50.4 Å². The molecule has 3 heterocycles. The molecule has 148 valence electrons. The zero-order valence-corrected chi connectivity index (χ0v) is 16.7. The van der Waals surface area contributed by atoms with Crippen LogP contribution in [0.5, 0.6) is 0 Å². The molecule has 8 heteroatoms. The number of aromatic nitrogens is 1. The predicted molar refractivity (Wildman–Crippen MR) is 108 cm³/mol. The average Bonchev–Trinajstić information content (AvgIpc) is 3.17. The van der Waals surface area contributed by atoms with Crippen molar-refractivity contribution in [1.82, 2.24) is 9.71 Å². The summed E-state index contributed by atoms with van der Waals surface area (Å²) >= 11 is 0. The van der Waals surface area contributed by atoms with Gasteiger partial charge in [0.25, 0.3) is 0 Å². The molecule has 2 aliphatic rings. The molecule has 7 nitrogen and oxygen atoms in total. The van der Waals surface area contributed by atoms with Crippen LogP contribution in [0.15, 0.2) is 47.5 Å². The quantitative estimate of drug-likeness (QED) is 0.846.